The van der Waals surface area contributed by atoms with Crippen LogP contribution in [0.2, 0.25) is 10.0 Å². The first-order valence-corrected chi connectivity index (χ1v) is 9.08. The molecule has 0 saturated carbocycles. The number of nitrogens with one attached hydrogen (secondary N) is 2. The van der Waals surface area contributed by atoms with Crippen LogP contribution in [-0.2, 0) is 12.8 Å². The van der Waals surface area contributed by atoms with Crippen LogP contribution in [0.5, 0.6) is 5.75 Å². The van der Waals surface area contributed by atoms with Gasteiger partial charge in [0.2, 0.25) is 0 Å². The predicted octanol–water partition coefficient (Wildman–Crippen LogP) is 3.91. The lowest BCUT2D eigenvalue weighted by atomic mass is 10.0. The minimum atomic E-state index is -0.173. The zero-order valence-corrected chi connectivity index (χ0v) is 16.5. The Kier molecular flexibility index (Phi) is 8.04. The smallest absolute Gasteiger partial charge is 0.251 e. The van der Waals surface area contributed by atoms with E-state index in [9.17, 15) is 4.79 Å². The van der Waals surface area contributed by atoms with Gasteiger partial charge in [-0.2, -0.15) is 0 Å². The highest BCUT2D eigenvalue weighted by molar-refractivity contribution is 6.32. The van der Waals surface area contributed by atoms with Gasteiger partial charge in [0.05, 0.1) is 11.6 Å². The highest BCUT2D eigenvalue weighted by Crippen LogP contribution is 2.32. The number of halogens is 3. The third-order valence-corrected chi connectivity index (χ3v) is 4.69. The molecule has 4 nitrogen and oxygen atoms in total. The summed E-state index contributed by atoms with van der Waals surface area (Å²) >= 11 is 12.2. The van der Waals surface area contributed by atoms with Crippen LogP contribution in [0.1, 0.15) is 21.5 Å². The fourth-order valence-corrected chi connectivity index (χ4v) is 3.34. The number of carbonyl (C=O) groups excluding carboxylic acids is 1. The number of fused-ring (bicyclic) bond motifs is 1. The van der Waals surface area contributed by atoms with E-state index in [-0.39, 0.29) is 18.3 Å². The molecule has 140 valence electrons. The second-order valence-electron chi connectivity index (χ2n) is 5.88. The summed E-state index contributed by atoms with van der Waals surface area (Å²) in [6.45, 7) is 2.62. The van der Waals surface area contributed by atoms with Crippen LogP contribution in [-0.4, -0.2) is 32.1 Å². The van der Waals surface area contributed by atoms with Crippen molar-refractivity contribution in [3.8, 4) is 5.75 Å². The van der Waals surface area contributed by atoms with Crippen LogP contribution in [0.15, 0.2) is 36.4 Å². The van der Waals surface area contributed by atoms with Gasteiger partial charge >= 0.3 is 0 Å². The van der Waals surface area contributed by atoms with Gasteiger partial charge < -0.3 is 15.4 Å². The molecule has 1 heterocycles. The molecule has 7 heteroatoms. The minimum absolute atomic E-state index is 0. The van der Waals surface area contributed by atoms with E-state index in [1.165, 1.54) is 11.1 Å². The zero-order valence-electron chi connectivity index (χ0n) is 14.2. The quantitative estimate of drug-likeness (QED) is 0.728. The van der Waals surface area contributed by atoms with Gasteiger partial charge in [0, 0.05) is 16.1 Å². The number of ether oxygens (including phenoxy) is 1. The third-order valence-electron chi connectivity index (χ3n) is 4.15. The van der Waals surface area contributed by atoms with Gasteiger partial charge in [0.25, 0.3) is 5.91 Å². The molecule has 0 aliphatic carbocycles. The first-order valence-electron chi connectivity index (χ1n) is 8.32. The van der Waals surface area contributed by atoms with Gasteiger partial charge in [-0.05, 0) is 55.8 Å². The molecule has 26 heavy (non-hydrogen) atoms. The highest BCUT2D eigenvalue weighted by atomic mass is 35.5. The fraction of sp³-hybridized carbons (Fsp3) is 0.316. The lowest BCUT2D eigenvalue weighted by Gasteiger charge is -2.15. The van der Waals surface area contributed by atoms with Crippen molar-refractivity contribution in [1.29, 1.82) is 0 Å². The number of hydrogen-bond donors (Lipinski definition) is 2. The second kappa shape index (κ2) is 10.0. The van der Waals surface area contributed by atoms with E-state index in [0.29, 0.717) is 28.8 Å². The van der Waals surface area contributed by atoms with E-state index >= 15 is 0 Å². The summed E-state index contributed by atoms with van der Waals surface area (Å²) in [4.78, 5) is 12.1. The largest absolute Gasteiger partial charge is 0.490 e. The van der Waals surface area contributed by atoms with Crippen LogP contribution in [0, 0.1) is 0 Å². The standard InChI is InChI=1S/C19H20Cl2N2O2.ClH/c20-15-3-1-2-14(12-15)19(24)23-10-11-25-18-16-7-9-22-8-6-13(16)4-5-17(18)21;/h1-5,12,22H,6-11H2,(H,23,24);1H. The molecule has 0 unspecified atom stereocenters. The van der Waals surface area contributed by atoms with Gasteiger partial charge in [-0.15, -0.1) is 12.4 Å². The Bertz CT molecular complexity index is 768. The Balaban J connectivity index is 0.00000243. The molecule has 0 bridgehead atoms. The van der Waals surface area contributed by atoms with Gasteiger partial charge in [0.15, 0.2) is 0 Å². The lowest BCUT2D eigenvalue weighted by Crippen LogP contribution is -2.28. The van der Waals surface area contributed by atoms with E-state index in [1.807, 2.05) is 6.07 Å². The van der Waals surface area contributed by atoms with E-state index < -0.39 is 0 Å². The van der Waals surface area contributed by atoms with E-state index in [2.05, 4.69) is 16.7 Å². The molecular weight excluding hydrogens is 395 g/mol. The van der Waals surface area contributed by atoms with Crippen LogP contribution < -0.4 is 15.4 Å². The van der Waals surface area contributed by atoms with Crippen molar-refractivity contribution >= 4 is 41.5 Å². The molecule has 1 aliphatic heterocycles. The summed E-state index contributed by atoms with van der Waals surface area (Å²) in [7, 11) is 0. The molecule has 2 aromatic rings. The summed E-state index contributed by atoms with van der Waals surface area (Å²) in [5.41, 5.74) is 2.97. The Morgan fingerprint density at radius 1 is 1.15 bits per heavy atom. The third kappa shape index (κ3) is 5.27. The number of amides is 1. The maximum Gasteiger partial charge on any atom is 0.251 e. The number of carbonyl (C=O) groups is 1. The van der Waals surface area contributed by atoms with Gasteiger partial charge in [-0.1, -0.05) is 35.3 Å². The lowest BCUT2D eigenvalue weighted by molar-refractivity contribution is 0.0947. The van der Waals surface area contributed by atoms with Crippen molar-refractivity contribution < 1.29 is 9.53 Å². The summed E-state index contributed by atoms with van der Waals surface area (Å²) in [5, 5.41) is 7.36. The van der Waals surface area contributed by atoms with Crippen molar-refractivity contribution in [3.63, 3.8) is 0 Å². The van der Waals surface area contributed by atoms with E-state index in [0.717, 1.165) is 31.7 Å². The number of benzene rings is 2. The van der Waals surface area contributed by atoms with Crippen LogP contribution >= 0.6 is 35.6 Å². The van der Waals surface area contributed by atoms with Gasteiger partial charge in [-0.25, -0.2) is 0 Å². The average molecular weight is 416 g/mol. The van der Waals surface area contributed by atoms with Crippen molar-refractivity contribution in [2.75, 3.05) is 26.2 Å². The van der Waals surface area contributed by atoms with Crippen LogP contribution in [0.25, 0.3) is 0 Å². The fourth-order valence-electron chi connectivity index (χ4n) is 2.92. The molecular formula is C19H21Cl3N2O2. The van der Waals surface area contributed by atoms with Crippen molar-refractivity contribution in [2.45, 2.75) is 12.8 Å². The monoisotopic (exact) mass is 414 g/mol. The van der Waals surface area contributed by atoms with Crippen molar-refractivity contribution in [2.24, 2.45) is 0 Å². The summed E-state index contributed by atoms with van der Waals surface area (Å²) in [5.74, 6) is 0.563. The summed E-state index contributed by atoms with van der Waals surface area (Å²) < 4.78 is 5.90. The molecule has 2 N–H and O–H groups in total. The van der Waals surface area contributed by atoms with Crippen LogP contribution in [0.4, 0.5) is 0 Å². The first-order chi connectivity index (χ1) is 12.1. The predicted molar refractivity (Wildman–Crippen MR) is 108 cm³/mol. The SMILES string of the molecule is Cl.O=C(NCCOc1c(Cl)ccc2c1CCNCC2)c1cccc(Cl)c1. The summed E-state index contributed by atoms with van der Waals surface area (Å²) in [6, 6.07) is 10.8. The Hall–Kier alpha value is -1.46. The molecule has 0 aromatic heterocycles. The molecule has 0 atom stereocenters. The first kappa shape index (κ1) is 20.8. The van der Waals surface area contributed by atoms with E-state index in [4.69, 9.17) is 27.9 Å². The van der Waals surface area contributed by atoms with E-state index in [1.54, 1.807) is 24.3 Å². The molecule has 1 aliphatic rings. The average Bonchev–Trinajstić information content (AvgIpc) is 2.85. The van der Waals surface area contributed by atoms with Crippen molar-refractivity contribution in [3.05, 3.63) is 63.1 Å². The van der Waals surface area contributed by atoms with Crippen LogP contribution in [0.3, 0.4) is 0 Å². The second-order valence-corrected chi connectivity index (χ2v) is 6.72. The minimum Gasteiger partial charge on any atom is -0.490 e. The van der Waals surface area contributed by atoms with Crippen molar-refractivity contribution in [1.82, 2.24) is 10.6 Å². The molecule has 3 rings (SSSR count). The topological polar surface area (TPSA) is 50.4 Å². The Morgan fingerprint density at radius 3 is 2.77 bits per heavy atom. The maximum absolute atomic E-state index is 12.1. The maximum atomic E-state index is 12.1. The molecule has 0 saturated heterocycles. The molecule has 2 aromatic carbocycles. The highest BCUT2D eigenvalue weighted by Gasteiger charge is 2.16. The zero-order chi connectivity index (χ0) is 17.6. The normalized spacial score (nSPS) is 13.2. The molecule has 0 fully saturated rings. The molecule has 0 spiro atoms. The van der Waals surface area contributed by atoms with Gasteiger partial charge in [-0.3, -0.25) is 4.79 Å². The number of rotatable bonds is 5. The Labute approximate surface area is 169 Å². The molecule has 1 amide bonds. The molecule has 0 radical (unpaired) electrons. The van der Waals surface area contributed by atoms with Gasteiger partial charge in [0.1, 0.15) is 12.4 Å². The number of hydrogen-bond acceptors (Lipinski definition) is 3. The Morgan fingerprint density at radius 2 is 1.96 bits per heavy atom. The summed E-state index contributed by atoms with van der Waals surface area (Å²) in [6.07, 6.45) is 1.86.